The predicted molar refractivity (Wildman–Crippen MR) is 54.7 cm³/mol. The summed E-state index contributed by atoms with van der Waals surface area (Å²) in [6, 6.07) is 1.03. The van der Waals surface area contributed by atoms with E-state index in [1.165, 1.54) is 0 Å². The van der Waals surface area contributed by atoms with E-state index in [2.05, 4.69) is 31.4 Å². The largest absolute Gasteiger partial charge is 0.396 e. The molecule has 1 unspecified atom stereocenters. The predicted octanol–water partition coefficient (Wildman–Crippen LogP) is 0.345. The van der Waals surface area contributed by atoms with Crippen molar-refractivity contribution in [2.45, 2.75) is 39.3 Å². The maximum Gasteiger partial charge on any atom is 0.0446 e. The molecule has 1 saturated heterocycles. The molecule has 0 bridgehead atoms. The number of nitrogens with one attached hydrogen (secondary N) is 2. The first kappa shape index (κ1) is 11.0. The molecule has 3 N–H and O–H groups in total. The number of hydrogen-bond acceptors (Lipinski definition) is 3. The summed E-state index contributed by atoms with van der Waals surface area (Å²) < 4.78 is 0. The Balaban J connectivity index is 2.36. The van der Waals surface area contributed by atoms with Crippen LogP contribution < -0.4 is 10.6 Å². The highest BCUT2D eigenvalue weighted by atomic mass is 16.3. The van der Waals surface area contributed by atoms with E-state index in [1.54, 1.807) is 0 Å². The second-order valence-corrected chi connectivity index (χ2v) is 4.95. The van der Waals surface area contributed by atoms with Crippen LogP contribution in [0.3, 0.4) is 0 Å². The Morgan fingerprint density at radius 2 is 2.08 bits per heavy atom. The van der Waals surface area contributed by atoms with Crippen molar-refractivity contribution in [3.63, 3.8) is 0 Å². The minimum atomic E-state index is 0.234. The lowest BCUT2D eigenvalue weighted by Crippen LogP contribution is -2.60. The van der Waals surface area contributed by atoms with E-state index in [0.717, 1.165) is 19.5 Å². The van der Waals surface area contributed by atoms with Gasteiger partial charge in [0.15, 0.2) is 0 Å². The Labute approximate surface area is 80.9 Å². The van der Waals surface area contributed by atoms with Gasteiger partial charge in [0.25, 0.3) is 0 Å². The van der Waals surface area contributed by atoms with Crippen molar-refractivity contribution in [3.8, 4) is 0 Å². The fourth-order valence-electron chi connectivity index (χ4n) is 1.59. The third kappa shape index (κ3) is 3.25. The summed E-state index contributed by atoms with van der Waals surface area (Å²) in [4.78, 5) is 0. The normalized spacial score (nSPS) is 21.2. The van der Waals surface area contributed by atoms with E-state index in [9.17, 15) is 0 Å². The second-order valence-electron chi connectivity index (χ2n) is 4.95. The van der Waals surface area contributed by atoms with Crippen LogP contribution >= 0.6 is 0 Å². The van der Waals surface area contributed by atoms with Crippen molar-refractivity contribution in [2.75, 3.05) is 19.7 Å². The fourth-order valence-corrected chi connectivity index (χ4v) is 1.59. The maximum absolute atomic E-state index is 8.95. The molecule has 1 aliphatic rings. The Morgan fingerprint density at radius 1 is 1.46 bits per heavy atom. The lowest BCUT2D eigenvalue weighted by atomic mass is 9.84. The molecule has 0 aliphatic carbocycles. The Bertz CT molecular complexity index is 149. The average Bonchev–Trinajstić information content (AvgIpc) is 1.91. The minimum Gasteiger partial charge on any atom is -0.396 e. The monoisotopic (exact) mass is 186 g/mol. The summed E-state index contributed by atoms with van der Waals surface area (Å²) in [6.07, 6.45) is 0.847. The van der Waals surface area contributed by atoms with Crippen LogP contribution in [-0.2, 0) is 0 Å². The average molecular weight is 186 g/mol. The number of rotatable bonds is 4. The minimum absolute atomic E-state index is 0.234. The lowest BCUT2D eigenvalue weighted by Gasteiger charge is -2.38. The van der Waals surface area contributed by atoms with Gasteiger partial charge in [0.05, 0.1) is 0 Å². The number of hydrogen-bond donors (Lipinski definition) is 3. The highest BCUT2D eigenvalue weighted by molar-refractivity contribution is 4.89. The van der Waals surface area contributed by atoms with Crippen molar-refractivity contribution in [2.24, 2.45) is 5.41 Å². The molecule has 0 radical (unpaired) electrons. The van der Waals surface area contributed by atoms with Crippen LogP contribution in [0, 0.1) is 5.41 Å². The van der Waals surface area contributed by atoms with E-state index in [-0.39, 0.29) is 12.0 Å². The van der Waals surface area contributed by atoms with Gasteiger partial charge in [-0.25, -0.2) is 0 Å². The topological polar surface area (TPSA) is 44.3 Å². The van der Waals surface area contributed by atoms with Crippen LogP contribution in [0.1, 0.15) is 27.2 Å². The van der Waals surface area contributed by atoms with E-state index < -0.39 is 0 Å². The maximum atomic E-state index is 8.95. The molecular weight excluding hydrogens is 164 g/mol. The first-order valence-corrected chi connectivity index (χ1v) is 5.11. The molecule has 1 heterocycles. The lowest BCUT2D eigenvalue weighted by molar-refractivity contribution is 0.172. The molecule has 3 nitrogen and oxygen atoms in total. The molecule has 1 aliphatic heterocycles. The number of aliphatic hydroxyl groups is 1. The summed E-state index contributed by atoms with van der Waals surface area (Å²) in [5.41, 5.74) is 0.234. The molecule has 0 spiro atoms. The Morgan fingerprint density at radius 3 is 2.38 bits per heavy atom. The quantitative estimate of drug-likeness (QED) is 0.593. The molecular formula is C10H22N2O. The van der Waals surface area contributed by atoms with E-state index in [1.807, 2.05) is 0 Å². The highest BCUT2D eigenvalue weighted by Gasteiger charge is 2.28. The Hall–Kier alpha value is -0.120. The summed E-state index contributed by atoms with van der Waals surface area (Å²) >= 11 is 0. The zero-order chi connectivity index (χ0) is 9.90. The molecule has 13 heavy (non-hydrogen) atoms. The zero-order valence-electron chi connectivity index (χ0n) is 8.93. The van der Waals surface area contributed by atoms with Crippen molar-refractivity contribution < 1.29 is 5.11 Å². The third-order valence-corrected chi connectivity index (χ3v) is 2.68. The SMILES string of the molecule is CC(C)(C)C(CCO)NC1CNC1. The summed E-state index contributed by atoms with van der Waals surface area (Å²) in [5.74, 6) is 0. The van der Waals surface area contributed by atoms with Crippen LogP contribution in [0.4, 0.5) is 0 Å². The van der Waals surface area contributed by atoms with Crippen LogP contribution in [0.2, 0.25) is 0 Å². The molecule has 0 aromatic carbocycles. The highest BCUT2D eigenvalue weighted by Crippen LogP contribution is 2.22. The molecule has 78 valence electrons. The standard InChI is InChI=1S/C10H22N2O/c1-10(2,3)9(4-5-13)12-8-6-11-7-8/h8-9,11-13H,4-7H2,1-3H3. The van der Waals surface area contributed by atoms with Gasteiger partial charge in [-0.1, -0.05) is 20.8 Å². The molecule has 1 atom stereocenters. The van der Waals surface area contributed by atoms with Crippen molar-refractivity contribution in [1.82, 2.24) is 10.6 Å². The smallest absolute Gasteiger partial charge is 0.0446 e. The summed E-state index contributed by atoms with van der Waals surface area (Å²) in [7, 11) is 0. The molecule has 0 aromatic heterocycles. The van der Waals surface area contributed by atoms with Gasteiger partial charge in [-0.15, -0.1) is 0 Å². The van der Waals surface area contributed by atoms with E-state index in [4.69, 9.17) is 5.11 Å². The van der Waals surface area contributed by atoms with Gasteiger partial charge >= 0.3 is 0 Å². The van der Waals surface area contributed by atoms with Gasteiger partial charge in [0.1, 0.15) is 0 Å². The van der Waals surface area contributed by atoms with Crippen LogP contribution in [-0.4, -0.2) is 36.9 Å². The fraction of sp³-hybridized carbons (Fsp3) is 1.00. The molecule has 0 amide bonds. The molecule has 1 rings (SSSR count). The van der Waals surface area contributed by atoms with Crippen LogP contribution in [0.25, 0.3) is 0 Å². The van der Waals surface area contributed by atoms with Gasteiger partial charge in [0, 0.05) is 31.8 Å². The van der Waals surface area contributed by atoms with E-state index >= 15 is 0 Å². The van der Waals surface area contributed by atoms with Gasteiger partial charge in [-0.2, -0.15) is 0 Å². The van der Waals surface area contributed by atoms with Crippen molar-refractivity contribution in [3.05, 3.63) is 0 Å². The molecule has 0 saturated carbocycles. The first-order chi connectivity index (χ1) is 6.04. The molecule has 3 heteroatoms. The third-order valence-electron chi connectivity index (χ3n) is 2.68. The Kier molecular flexibility index (Phi) is 3.71. The van der Waals surface area contributed by atoms with E-state index in [0.29, 0.717) is 12.1 Å². The number of aliphatic hydroxyl groups excluding tert-OH is 1. The second kappa shape index (κ2) is 4.40. The summed E-state index contributed by atoms with van der Waals surface area (Å²) in [5, 5.41) is 15.8. The van der Waals surface area contributed by atoms with Crippen LogP contribution in [0.15, 0.2) is 0 Å². The first-order valence-electron chi connectivity index (χ1n) is 5.11. The van der Waals surface area contributed by atoms with Gasteiger partial charge in [-0.3, -0.25) is 0 Å². The summed E-state index contributed by atoms with van der Waals surface area (Å²) in [6.45, 7) is 9.05. The molecule has 1 fully saturated rings. The van der Waals surface area contributed by atoms with Gasteiger partial charge in [0.2, 0.25) is 0 Å². The van der Waals surface area contributed by atoms with Crippen LogP contribution in [0.5, 0.6) is 0 Å². The molecule has 0 aromatic rings. The van der Waals surface area contributed by atoms with Gasteiger partial charge in [-0.05, 0) is 11.8 Å². The van der Waals surface area contributed by atoms with Gasteiger partial charge < -0.3 is 15.7 Å². The van der Waals surface area contributed by atoms with Crippen molar-refractivity contribution in [1.29, 1.82) is 0 Å². The zero-order valence-corrected chi connectivity index (χ0v) is 8.93. The van der Waals surface area contributed by atoms with Crippen molar-refractivity contribution >= 4 is 0 Å².